The van der Waals surface area contributed by atoms with Gasteiger partial charge in [0.25, 0.3) is 0 Å². The van der Waals surface area contributed by atoms with Crippen LogP contribution in [0, 0.1) is 11.6 Å². The number of rotatable bonds is 3. The maximum Gasteiger partial charge on any atom is 0.127 e. The van der Waals surface area contributed by atoms with Crippen molar-refractivity contribution in [1.29, 1.82) is 0 Å². The second-order valence-electron chi connectivity index (χ2n) is 6.05. The van der Waals surface area contributed by atoms with Gasteiger partial charge in [-0.1, -0.05) is 28.1 Å². The third-order valence-electron chi connectivity index (χ3n) is 4.47. The molecule has 2 aromatic carbocycles. The summed E-state index contributed by atoms with van der Waals surface area (Å²) in [5.74, 6) is -0.815. The van der Waals surface area contributed by atoms with E-state index in [9.17, 15) is 13.9 Å². The number of likely N-dealkylation sites (tertiary alicyclic amines) is 1. The van der Waals surface area contributed by atoms with Crippen LogP contribution in [0.15, 0.2) is 46.9 Å². The molecule has 0 aromatic heterocycles. The van der Waals surface area contributed by atoms with Crippen molar-refractivity contribution in [3.05, 3.63) is 69.7 Å². The Balaban J connectivity index is 1.66. The third kappa shape index (κ3) is 3.79. The van der Waals surface area contributed by atoms with Gasteiger partial charge in [0.05, 0.1) is 5.60 Å². The van der Waals surface area contributed by atoms with Crippen LogP contribution in [0.5, 0.6) is 0 Å². The molecule has 1 saturated heterocycles. The zero-order valence-corrected chi connectivity index (χ0v) is 14.2. The first-order valence-electron chi connectivity index (χ1n) is 7.61. The Bertz CT molecular complexity index is 682. The normalized spacial score (nSPS) is 18.1. The fourth-order valence-corrected chi connectivity index (χ4v) is 3.30. The second-order valence-corrected chi connectivity index (χ2v) is 6.97. The Kier molecular flexibility index (Phi) is 4.80. The molecule has 1 N–H and O–H groups in total. The molecule has 0 atom stereocenters. The van der Waals surface area contributed by atoms with Gasteiger partial charge in [0.2, 0.25) is 0 Å². The Morgan fingerprint density at radius 1 is 1.04 bits per heavy atom. The molecule has 1 aliphatic rings. The van der Waals surface area contributed by atoms with Crippen LogP contribution in [0.3, 0.4) is 0 Å². The van der Waals surface area contributed by atoms with Crippen molar-refractivity contribution in [1.82, 2.24) is 4.90 Å². The van der Waals surface area contributed by atoms with Gasteiger partial charge in [0.1, 0.15) is 11.6 Å². The molecule has 1 heterocycles. The highest BCUT2D eigenvalue weighted by atomic mass is 79.9. The SMILES string of the molecule is OC1(c2ccc(Br)cc2)CCN(Cc2cc(F)ccc2F)CC1. The van der Waals surface area contributed by atoms with E-state index < -0.39 is 11.4 Å². The van der Waals surface area contributed by atoms with Crippen LogP contribution < -0.4 is 0 Å². The van der Waals surface area contributed by atoms with E-state index in [1.54, 1.807) is 0 Å². The molecule has 2 aromatic rings. The first kappa shape index (κ1) is 16.6. The Hall–Kier alpha value is -1.30. The molecule has 3 rings (SSSR count). The Morgan fingerprint density at radius 2 is 1.70 bits per heavy atom. The summed E-state index contributed by atoms with van der Waals surface area (Å²) in [6.07, 6.45) is 1.15. The molecule has 5 heteroatoms. The average Bonchev–Trinajstić information content (AvgIpc) is 2.54. The van der Waals surface area contributed by atoms with E-state index in [-0.39, 0.29) is 5.82 Å². The molecule has 0 spiro atoms. The summed E-state index contributed by atoms with van der Waals surface area (Å²) in [6, 6.07) is 11.2. The van der Waals surface area contributed by atoms with Gasteiger partial charge in [-0.25, -0.2) is 8.78 Å². The van der Waals surface area contributed by atoms with Gasteiger partial charge in [-0.15, -0.1) is 0 Å². The zero-order valence-electron chi connectivity index (χ0n) is 12.6. The van der Waals surface area contributed by atoms with Crippen LogP contribution in [0.25, 0.3) is 0 Å². The predicted octanol–water partition coefficient (Wildman–Crippen LogP) is 4.21. The number of hydrogen-bond donors (Lipinski definition) is 1. The first-order valence-corrected chi connectivity index (χ1v) is 8.40. The monoisotopic (exact) mass is 381 g/mol. The summed E-state index contributed by atoms with van der Waals surface area (Å²) in [5.41, 5.74) is 0.411. The van der Waals surface area contributed by atoms with Gasteiger partial charge in [0, 0.05) is 29.7 Å². The molecule has 0 bridgehead atoms. The summed E-state index contributed by atoms with van der Waals surface area (Å²) in [6.45, 7) is 1.64. The predicted molar refractivity (Wildman–Crippen MR) is 88.9 cm³/mol. The van der Waals surface area contributed by atoms with E-state index in [0.717, 1.165) is 22.2 Å². The van der Waals surface area contributed by atoms with Gasteiger partial charge in [0.15, 0.2) is 0 Å². The maximum atomic E-state index is 13.7. The molecule has 2 nitrogen and oxygen atoms in total. The van der Waals surface area contributed by atoms with Crippen LogP contribution >= 0.6 is 15.9 Å². The molecule has 0 saturated carbocycles. The topological polar surface area (TPSA) is 23.5 Å². The second kappa shape index (κ2) is 6.67. The lowest BCUT2D eigenvalue weighted by Crippen LogP contribution is -2.42. The summed E-state index contributed by atoms with van der Waals surface area (Å²) in [5, 5.41) is 10.8. The average molecular weight is 382 g/mol. The van der Waals surface area contributed by atoms with Crippen molar-refractivity contribution in [3.8, 4) is 0 Å². The number of piperidine rings is 1. The lowest BCUT2D eigenvalue weighted by molar-refractivity contribution is -0.0279. The van der Waals surface area contributed by atoms with Crippen molar-refractivity contribution in [2.24, 2.45) is 0 Å². The van der Waals surface area contributed by atoms with Gasteiger partial charge in [-0.3, -0.25) is 4.90 Å². The van der Waals surface area contributed by atoms with Crippen LogP contribution in [0.2, 0.25) is 0 Å². The molecule has 122 valence electrons. The maximum absolute atomic E-state index is 13.7. The molecular formula is C18H18BrF2NO. The van der Waals surface area contributed by atoms with E-state index in [0.29, 0.717) is 38.0 Å². The van der Waals surface area contributed by atoms with Gasteiger partial charge < -0.3 is 5.11 Å². The van der Waals surface area contributed by atoms with Gasteiger partial charge in [-0.05, 0) is 48.7 Å². The number of nitrogens with zero attached hydrogens (tertiary/aromatic N) is 1. The van der Waals surface area contributed by atoms with E-state index in [1.165, 1.54) is 6.07 Å². The van der Waals surface area contributed by atoms with Crippen molar-refractivity contribution in [2.45, 2.75) is 25.0 Å². The number of hydrogen-bond acceptors (Lipinski definition) is 2. The summed E-state index contributed by atoms with van der Waals surface area (Å²) in [7, 11) is 0. The standard InChI is InChI=1S/C18H18BrF2NO/c19-15-3-1-14(2-4-15)18(23)7-9-22(10-8-18)12-13-11-16(20)5-6-17(13)21/h1-6,11,23H,7-10,12H2. The fourth-order valence-electron chi connectivity index (χ4n) is 3.04. The van der Waals surface area contributed by atoms with E-state index >= 15 is 0 Å². The van der Waals surface area contributed by atoms with E-state index in [1.807, 2.05) is 29.2 Å². The summed E-state index contributed by atoms with van der Waals surface area (Å²) in [4.78, 5) is 2.05. The number of halogens is 3. The van der Waals surface area contributed by atoms with E-state index in [4.69, 9.17) is 0 Å². The Labute approximate surface area is 142 Å². The quantitative estimate of drug-likeness (QED) is 0.860. The number of benzene rings is 2. The minimum atomic E-state index is -0.850. The highest BCUT2D eigenvalue weighted by Gasteiger charge is 2.34. The highest BCUT2D eigenvalue weighted by Crippen LogP contribution is 2.34. The molecular weight excluding hydrogens is 364 g/mol. The molecule has 0 radical (unpaired) electrons. The fraction of sp³-hybridized carbons (Fsp3) is 0.333. The van der Waals surface area contributed by atoms with Crippen molar-refractivity contribution in [3.63, 3.8) is 0 Å². The van der Waals surface area contributed by atoms with Crippen molar-refractivity contribution in [2.75, 3.05) is 13.1 Å². The lowest BCUT2D eigenvalue weighted by atomic mass is 9.84. The third-order valence-corrected chi connectivity index (χ3v) is 5.00. The van der Waals surface area contributed by atoms with Crippen molar-refractivity contribution >= 4 is 15.9 Å². The van der Waals surface area contributed by atoms with Crippen LogP contribution in [-0.4, -0.2) is 23.1 Å². The smallest absolute Gasteiger partial charge is 0.127 e. The van der Waals surface area contributed by atoms with Crippen LogP contribution in [-0.2, 0) is 12.1 Å². The molecule has 0 aliphatic carbocycles. The largest absolute Gasteiger partial charge is 0.385 e. The summed E-state index contributed by atoms with van der Waals surface area (Å²) >= 11 is 3.39. The highest BCUT2D eigenvalue weighted by molar-refractivity contribution is 9.10. The molecule has 0 unspecified atom stereocenters. The minimum absolute atomic E-state index is 0.360. The van der Waals surface area contributed by atoms with Crippen LogP contribution in [0.1, 0.15) is 24.0 Å². The van der Waals surface area contributed by atoms with Gasteiger partial charge in [-0.2, -0.15) is 0 Å². The molecule has 0 amide bonds. The van der Waals surface area contributed by atoms with Gasteiger partial charge >= 0.3 is 0 Å². The van der Waals surface area contributed by atoms with E-state index in [2.05, 4.69) is 15.9 Å². The molecule has 1 aliphatic heterocycles. The molecule has 1 fully saturated rings. The first-order chi connectivity index (χ1) is 11.0. The minimum Gasteiger partial charge on any atom is -0.385 e. The van der Waals surface area contributed by atoms with Crippen LogP contribution in [0.4, 0.5) is 8.78 Å². The lowest BCUT2D eigenvalue weighted by Gasteiger charge is -2.38. The Morgan fingerprint density at radius 3 is 2.35 bits per heavy atom. The summed E-state index contributed by atoms with van der Waals surface area (Å²) < 4.78 is 28.0. The van der Waals surface area contributed by atoms with Crippen molar-refractivity contribution < 1.29 is 13.9 Å². The zero-order chi connectivity index (χ0) is 16.4. The molecule has 23 heavy (non-hydrogen) atoms. The number of aliphatic hydroxyl groups is 1.